The van der Waals surface area contributed by atoms with E-state index in [1.54, 1.807) is 0 Å². The molecule has 2 rings (SSSR count). The van der Waals surface area contributed by atoms with Gasteiger partial charge in [0.05, 0.1) is 13.1 Å². The minimum absolute atomic E-state index is 0.263. The van der Waals surface area contributed by atoms with Crippen LogP contribution in [-0.2, 0) is 11.3 Å². The highest BCUT2D eigenvalue weighted by Gasteiger charge is 2.23. The molecule has 4 heteroatoms. The summed E-state index contributed by atoms with van der Waals surface area (Å²) in [5, 5.41) is 0. The van der Waals surface area contributed by atoms with E-state index < -0.39 is 0 Å². The lowest BCUT2D eigenvalue weighted by molar-refractivity contribution is -0.119. The van der Waals surface area contributed by atoms with Crippen LogP contribution in [0.15, 0.2) is 24.3 Å². The second-order valence-corrected chi connectivity index (χ2v) is 5.52. The first-order valence-electron chi connectivity index (χ1n) is 7.49. The second kappa shape index (κ2) is 7.82. The molecule has 4 N–H and O–H groups in total. The summed E-state index contributed by atoms with van der Waals surface area (Å²) in [5.74, 6) is 5.64. The molecule has 1 fully saturated rings. The molecular formula is C17H23N3O. The summed E-state index contributed by atoms with van der Waals surface area (Å²) in [5.41, 5.74) is 12.9. The van der Waals surface area contributed by atoms with E-state index >= 15 is 0 Å². The molecule has 1 aliphatic carbocycles. The van der Waals surface area contributed by atoms with Crippen molar-refractivity contribution in [2.45, 2.75) is 38.3 Å². The molecule has 4 nitrogen and oxygen atoms in total. The SMILES string of the molecule is NCC#Cc1cccc(CN(CC(N)=O)C2CCCC2)c1. The summed E-state index contributed by atoms with van der Waals surface area (Å²) in [6.07, 6.45) is 4.78. The van der Waals surface area contributed by atoms with Crippen molar-refractivity contribution >= 4 is 5.91 Å². The third kappa shape index (κ3) is 4.89. The van der Waals surface area contributed by atoms with Gasteiger partial charge in [-0.1, -0.05) is 36.8 Å². The molecule has 1 amide bonds. The van der Waals surface area contributed by atoms with Gasteiger partial charge >= 0.3 is 0 Å². The molecule has 0 aliphatic heterocycles. The van der Waals surface area contributed by atoms with E-state index in [1.807, 2.05) is 12.1 Å². The van der Waals surface area contributed by atoms with Gasteiger partial charge in [-0.2, -0.15) is 0 Å². The number of nitrogens with two attached hydrogens (primary N) is 2. The first kappa shape index (κ1) is 15.6. The lowest BCUT2D eigenvalue weighted by Gasteiger charge is -2.27. The van der Waals surface area contributed by atoms with E-state index in [1.165, 1.54) is 12.8 Å². The number of benzene rings is 1. The molecule has 112 valence electrons. The average Bonchev–Trinajstić information content (AvgIpc) is 2.98. The number of hydrogen-bond acceptors (Lipinski definition) is 3. The summed E-state index contributed by atoms with van der Waals surface area (Å²) in [4.78, 5) is 13.5. The Hall–Kier alpha value is -1.83. The lowest BCUT2D eigenvalue weighted by Crippen LogP contribution is -2.39. The minimum Gasteiger partial charge on any atom is -0.369 e. The van der Waals surface area contributed by atoms with Crippen molar-refractivity contribution in [2.75, 3.05) is 13.1 Å². The van der Waals surface area contributed by atoms with Crippen molar-refractivity contribution in [3.63, 3.8) is 0 Å². The molecule has 0 bridgehead atoms. The summed E-state index contributed by atoms with van der Waals surface area (Å²) in [6, 6.07) is 8.56. The molecule has 0 unspecified atom stereocenters. The molecule has 0 aromatic heterocycles. The highest BCUT2D eigenvalue weighted by Crippen LogP contribution is 2.24. The standard InChI is InChI=1S/C17H23N3O/c18-10-4-7-14-5-3-6-15(11-14)12-20(13-17(19)21)16-8-1-2-9-16/h3,5-6,11,16H,1-2,8-10,12-13,18H2,(H2,19,21). The van der Waals surface area contributed by atoms with Crippen molar-refractivity contribution < 1.29 is 4.79 Å². The summed E-state index contributed by atoms with van der Waals surface area (Å²) in [6.45, 7) is 1.43. The Bertz CT molecular complexity index is 538. The van der Waals surface area contributed by atoms with Gasteiger partial charge in [-0.05, 0) is 30.5 Å². The van der Waals surface area contributed by atoms with Crippen molar-refractivity contribution in [3.05, 3.63) is 35.4 Å². The molecule has 1 aliphatic rings. The van der Waals surface area contributed by atoms with Crippen LogP contribution in [0.25, 0.3) is 0 Å². The number of nitrogens with zero attached hydrogens (tertiary/aromatic N) is 1. The fraction of sp³-hybridized carbons (Fsp3) is 0.471. The Labute approximate surface area is 126 Å². The van der Waals surface area contributed by atoms with Gasteiger partial charge in [0.2, 0.25) is 5.91 Å². The monoisotopic (exact) mass is 285 g/mol. The maximum Gasteiger partial charge on any atom is 0.231 e. The van der Waals surface area contributed by atoms with Crippen LogP contribution in [0.5, 0.6) is 0 Å². The van der Waals surface area contributed by atoms with Crippen molar-refractivity contribution in [1.82, 2.24) is 4.90 Å². The fourth-order valence-electron chi connectivity index (χ4n) is 2.92. The lowest BCUT2D eigenvalue weighted by atomic mass is 10.1. The van der Waals surface area contributed by atoms with Crippen LogP contribution < -0.4 is 11.5 Å². The first-order valence-corrected chi connectivity index (χ1v) is 7.49. The van der Waals surface area contributed by atoms with Gasteiger partial charge in [-0.3, -0.25) is 9.69 Å². The number of hydrogen-bond donors (Lipinski definition) is 2. The molecule has 0 spiro atoms. The van der Waals surface area contributed by atoms with Crippen LogP contribution in [0, 0.1) is 11.8 Å². The van der Waals surface area contributed by atoms with Gasteiger partial charge in [0.15, 0.2) is 0 Å². The van der Waals surface area contributed by atoms with E-state index in [0.717, 1.165) is 30.5 Å². The minimum atomic E-state index is -0.263. The normalized spacial score (nSPS) is 15.0. The molecular weight excluding hydrogens is 262 g/mol. The quantitative estimate of drug-likeness (QED) is 0.799. The van der Waals surface area contributed by atoms with Gasteiger partial charge in [0.25, 0.3) is 0 Å². The van der Waals surface area contributed by atoms with E-state index in [9.17, 15) is 4.79 Å². The van der Waals surface area contributed by atoms with E-state index in [-0.39, 0.29) is 5.91 Å². The van der Waals surface area contributed by atoms with Crippen LogP contribution >= 0.6 is 0 Å². The Morgan fingerprint density at radius 3 is 2.76 bits per heavy atom. The largest absolute Gasteiger partial charge is 0.369 e. The zero-order valence-corrected chi connectivity index (χ0v) is 12.3. The van der Waals surface area contributed by atoms with Crippen LogP contribution in [0.1, 0.15) is 36.8 Å². The Morgan fingerprint density at radius 2 is 2.10 bits per heavy atom. The van der Waals surface area contributed by atoms with Crippen LogP contribution in [0.4, 0.5) is 0 Å². The van der Waals surface area contributed by atoms with Crippen molar-refractivity contribution in [1.29, 1.82) is 0 Å². The van der Waals surface area contributed by atoms with Gasteiger partial charge in [-0.15, -0.1) is 0 Å². The molecule has 0 heterocycles. The second-order valence-electron chi connectivity index (χ2n) is 5.52. The summed E-state index contributed by atoms with van der Waals surface area (Å²) >= 11 is 0. The Kier molecular flexibility index (Phi) is 5.79. The number of primary amides is 1. The molecule has 1 aromatic carbocycles. The van der Waals surface area contributed by atoms with Crippen LogP contribution in [0.3, 0.4) is 0 Å². The number of amides is 1. The topological polar surface area (TPSA) is 72.3 Å². The molecule has 0 radical (unpaired) electrons. The van der Waals surface area contributed by atoms with Gasteiger partial charge < -0.3 is 11.5 Å². The maximum atomic E-state index is 11.3. The van der Waals surface area contributed by atoms with Gasteiger partial charge in [0.1, 0.15) is 0 Å². The maximum absolute atomic E-state index is 11.3. The van der Waals surface area contributed by atoms with E-state index in [0.29, 0.717) is 19.1 Å². The van der Waals surface area contributed by atoms with Crippen molar-refractivity contribution in [3.8, 4) is 11.8 Å². The highest BCUT2D eigenvalue weighted by molar-refractivity contribution is 5.76. The summed E-state index contributed by atoms with van der Waals surface area (Å²) < 4.78 is 0. The predicted octanol–water partition coefficient (Wildman–Crippen LogP) is 1.23. The zero-order valence-electron chi connectivity index (χ0n) is 12.3. The average molecular weight is 285 g/mol. The summed E-state index contributed by atoms with van der Waals surface area (Å²) in [7, 11) is 0. The van der Waals surface area contributed by atoms with E-state index in [4.69, 9.17) is 11.5 Å². The third-order valence-corrected chi connectivity index (χ3v) is 3.85. The molecule has 1 aromatic rings. The van der Waals surface area contributed by atoms with Gasteiger partial charge in [0, 0.05) is 18.2 Å². The van der Waals surface area contributed by atoms with Crippen LogP contribution in [0.2, 0.25) is 0 Å². The fourth-order valence-corrected chi connectivity index (χ4v) is 2.92. The highest BCUT2D eigenvalue weighted by atomic mass is 16.1. The van der Waals surface area contributed by atoms with Crippen molar-refractivity contribution in [2.24, 2.45) is 11.5 Å². The van der Waals surface area contributed by atoms with Crippen LogP contribution in [-0.4, -0.2) is 29.9 Å². The first-order chi connectivity index (χ1) is 10.2. The molecule has 0 atom stereocenters. The number of carbonyl (C=O) groups excluding carboxylic acids is 1. The number of rotatable bonds is 5. The smallest absolute Gasteiger partial charge is 0.231 e. The molecule has 1 saturated carbocycles. The Balaban J connectivity index is 2.09. The Morgan fingerprint density at radius 1 is 1.33 bits per heavy atom. The molecule has 0 saturated heterocycles. The van der Waals surface area contributed by atoms with Gasteiger partial charge in [-0.25, -0.2) is 0 Å². The predicted molar refractivity (Wildman–Crippen MR) is 84.2 cm³/mol. The number of carbonyl (C=O) groups is 1. The van der Waals surface area contributed by atoms with E-state index in [2.05, 4.69) is 28.9 Å². The third-order valence-electron chi connectivity index (χ3n) is 3.85. The molecule has 21 heavy (non-hydrogen) atoms. The zero-order chi connectivity index (χ0) is 15.1.